The lowest BCUT2D eigenvalue weighted by Gasteiger charge is -2.36. The second kappa shape index (κ2) is 10.4. The Hall–Kier alpha value is -2.90. The van der Waals surface area contributed by atoms with Gasteiger partial charge in [-0.3, -0.25) is 19.2 Å². The lowest BCUT2D eigenvalue weighted by atomic mass is 9.82. The van der Waals surface area contributed by atoms with Gasteiger partial charge in [0.05, 0.1) is 6.42 Å². The smallest absolute Gasteiger partial charge is 0.246 e. The Morgan fingerprint density at radius 1 is 0.800 bits per heavy atom. The summed E-state index contributed by atoms with van der Waals surface area (Å²) in [6.07, 6.45) is 7.78. The van der Waals surface area contributed by atoms with Crippen LogP contribution in [-0.4, -0.2) is 40.7 Å². The van der Waals surface area contributed by atoms with Crippen LogP contribution >= 0.6 is 0 Å². The lowest BCUT2D eigenvalue weighted by Crippen LogP contribution is -2.64. The van der Waals surface area contributed by atoms with Crippen molar-refractivity contribution in [2.24, 2.45) is 5.92 Å². The van der Waals surface area contributed by atoms with Gasteiger partial charge in [-0.25, -0.2) is 0 Å². The predicted molar refractivity (Wildman–Crippen MR) is 132 cm³/mol. The minimum absolute atomic E-state index is 0.000606. The maximum absolute atomic E-state index is 13.7. The topological polar surface area (TPSA) is 116 Å². The summed E-state index contributed by atoms with van der Waals surface area (Å²) >= 11 is 0. The molecule has 4 N–H and O–H groups in total. The summed E-state index contributed by atoms with van der Waals surface area (Å²) < 4.78 is 0. The number of rotatable bonds is 1. The Kier molecular flexibility index (Phi) is 7.47. The van der Waals surface area contributed by atoms with Crippen LogP contribution in [0.4, 0.5) is 0 Å². The van der Waals surface area contributed by atoms with Crippen LogP contribution in [0.5, 0.6) is 0 Å². The van der Waals surface area contributed by atoms with E-state index in [1.807, 2.05) is 24.3 Å². The summed E-state index contributed by atoms with van der Waals surface area (Å²) in [6.45, 7) is 3.58. The van der Waals surface area contributed by atoms with Gasteiger partial charge in [0, 0.05) is 6.54 Å². The Balaban J connectivity index is 1.68. The van der Waals surface area contributed by atoms with E-state index in [4.69, 9.17) is 0 Å². The fraction of sp³-hybridized carbons (Fsp3) is 0.630. The van der Waals surface area contributed by atoms with E-state index in [2.05, 4.69) is 21.3 Å². The van der Waals surface area contributed by atoms with E-state index in [0.717, 1.165) is 56.1 Å². The fourth-order valence-corrected chi connectivity index (χ4v) is 5.76. The van der Waals surface area contributed by atoms with E-state index in [-0.39, 0.29) is 36.6 Å². The van der Waals surface area contributed by atoms with E-state index < -0.39 is 23.0 Å². The van der Waals surface area contributed by atoms with Gasteiger partial charge in [0.15, 0.2) is 0 Å². The van der Waals surface area contributed by atoms with Gasteiger partial charge in [-0.2, -0.15) is 0 Å². The molecule has 1 aliphatic heterocycles. The summed E-state index contributed by atoms with van der Waals surface area (Å²) in [5.41, 5.74) is -0.542. The van der Waals surface area contributed by atoms with E-state index >= 15 is 0 Å². The van der Waals surface area contributed by atoms with Gasteiger partial charge in [0.1, 0.15) is 17.1 Å². The van der Waals surface area contributed by atoms with Crippen LogP contribution in [0.25, 0.3) is 0 Å². The molecule has 0 radical (unpaired) electrons. The van der Waals surface area contributed by atoms with Crippen molar-refractivity contribution in [2.45, 2.75) is 102 Å². The number of hydrogen-bond acceptors (Lipinski definition) is 4. The number of fused-ring (bicyclic) bond motifs is 1. The van der Waals surface area contributed by atoms with E-state index in [1.54, 1.807) is 13.8 Å². The molecule has 0 aromatic heterocycles. The Labute approximate surface area is 207 Å². The third kappa shape index (κ3) is 5.68. The first kappa shape index (κ1) is 25.2. The average Bonchev–Trinajstić information content (AvgIpc) is 3.30. The highest BCUT2D eigenvalue weighted by Gasteiger charge is 2.45. The molecule has 1 heterocycles. The van der Waals surface area contributed by atoms with Crippen molar-refractivity contribution in [3.05, 3.63) is 35.4 Å². The highest BCUT2D eigenvalue weighted by atomic mass is 16.2. The molecule has 1 atom stereocenters. The second-order valence-electron chi connectivity index (χ2n) is 10.9. The van der Waals surface area contributed by atoms with Gasteiger partial charge >= 0.3 is 0 Å². The summed E-state index contributed by atoms with van der Waals surface area (Å²) in [5, 5.41) is 11.9. The normalized spacial score (nSPS) is 25.9. The van der Waals surface area contributed by atoms with Gasteiger partial charge in [0.25, 0.3) is 0 Å². The number of nitrogens with one attached hydrogen (secondary N) is 4. The van der Waals surface area contributed by atoms with Gasteiger partial charge in [0.2, 0.25) is 23.6 Å². The molecule has 3 aliphatic rings. The van der Waals surface area contributed by atoms with Crippen LogP contribution in [0.1, 0.15) is 82.8 Å². The first-order valence-electron chi connectivity index (χ1n) is 13.0. The summed E-state index contributed by atoms with van der Waals surface area (Å²) in [7, 11) is 0. The van der Waals surface area contributed by atoms with Crippen molar-refractivity contribution in [1.29, 1.82) is 0 Å². The minimum atomic E-state index is -1.20. The monoisotopic (exact) mass is 482 g/mol. The van der Waals surface area contributed by atoms with Crippen LogP contribution in [0.2, 0.25) is 0 Å². The van der Waals surface area contributed by atoms with Crippen molar-refractivity contribution < 1.29 is 19.2 Å². The molecule has 35 heavy (non-hydrogen) atoms. The van der Waals surface area contributed by atoms with Crippen LogP contribution in [0, 0.1) is 5.92 Å². The molecule has 8 nitrogen and oxygen atoms in total. The quantitative estimate of drug-likeness (QED) is 0.491. The van der Waals surface area contributed by atoms with Gasteiger partial charge in [-0.05, 0) is 56.6 Å². The first-order chi connectivity index (χ1) is 16.7. The van der Waals surface area contributed by atoms with Crippen molar-refractivity contribution in [1.82, 2.24) is 21.3 Å². The average molecular weight is 483 g/mol. The molecule has 190 valence electrons. The molecule has 1 aromatic carbocycles. The summed E-state index contributed by atoms with van der Waals surface area (Å²) in [6, 6.07) is 6.73. The molecule has 1 aromatic rings. The zero-order valence-electron chi connectivity index (χ0n) is 20.9. The molecule has 1 spiro atoms. The van der Waals surface area contributed by atoms with Crippen molar-refractivity contribution in [3.8, 4) is 0 Å². The molecule has 0 unspecified atom stereocenters. The van der Waals surface area contributed by atoms with Crippen molar-refractivity contribution >= 4 is 23.6 Å². The first-order valence-corrected chi connectivity index (χ1v) is 13.0. The van der Waals surface area contributed by atoms with E-state index in [0.29, 0.717) is 12.8 Å². The molecular weight excluding hydrogens is 444 g/mol. The maximum atomic E-state index is 13.7. The zero-order valence-corrected chi connectivity index (χ0v) is 20.9. The molecule has 8 heteroatoms. The van der Waals surface area contributed by atoms with Crippen LogP contribution in [0.3, 0.4) is 0 Å². The number of hydrogen-bond donors (Lipinski definition) is 4. The van der Waals surface area contributed by atoms with Gasteiger partial charge < -0.3 is 21.3 Å². The van der Waals surface area contributed by atoms with E-state index in [9.17, 15) is 19.2 Å². The van der Waals surface area contributed by atoms with Crippen molar-refractivity contribution in [2.75, 3.05) is 0 Å². The molecular formula is C27H38N4O4. The summed E-state index contributed by atoms with van der Waals surface area (Å²) in [5.74, 6) is -1.19. The third-order valence-electron chi connectivity index (χ3n) is 7.87. The van der Waals surface area contributed by atoms with E-state index in [1.165, 1.54) is 0 Å². The molecule has 2 fully saturated rings. The molecule has 0 bridgehead atoms. The molecule has 4 rings (SSSR count). The molecule has 2 saturated carbocycles. The largest absolute Gasteiger partial charge is 0.350 e. The molecule has 0 saturated heterocycles. The summed E-state index contributed by atoms with van der Waals surface area (Å²) in [4.78, 5) is 53.4. The zero-order chi connectivity index (χ0) is 25.1. The minimum Gasteiger partial charge on any atom is -0.350 e. The highest BCUT2D eigenvalue weighted by Crippen LogP contribution is 2.32. The number of carbonyl (C=O) groups excluding carboxylic acids is 4. The maximum Gasteiger partial charge on any atom is 0.246 e. The predicted octanol–water partition coefficient (Wildman–Crippen LogP) is 2.25. The van der Waals surface area contributed by atoms with Gasteiger partial charge in [-0.15, -0.1) is 0 Å². The third-order valence-corrected chi connectivity index (χ3v) is 7.87. The second-order valence-corrected chi connectivity index (χ2v) is 10.9. The SMILES string of the molecule is CC1(C)NC(=O)Cc2ccccc2CNC(=O)C2(CCCC2)NC(=O)[C@@H](C2CCCCC2)NC1=O. The van der Waals surface area contributed by atoms with Crippen LogP contribution < -0.4 is 21.3 Å². The number of amides is 4. The Morgan fingerprint density at radius 3 is 2.14 bits per heavy atom. The Bertz CT molecular complexity index is 977. The van der Waals surface area contributed by atoms with Gasteiger partial charge in [-0.1, -0.05) is 56.4 Å². The van der Waals surface area contributed by atoms with Crippen LogP contribution in [0.15, 0.2) is 24.3 Å². The Morgan fingerprint density at radius 2 is 1.46 bits per heavy atom. The van der Waals surface area contributed by atoms with Crippen molar-refractivity contribution in [3.63, 3.8) is 0 Å². The lowest BCUT2D eigenvalue weighted by molar-refractivity contribution is -0.138. The van der Waals surface area contributed by atoms with Crippen LogP contribution in [-0.2, 0) is 32.1 Å². The molecule has 4 amide bonds. The standard InChI is InChI=1S/C27H38N4O4/c1-26(2)24(34)29-22(18-10-4-3-5-11-18)23(33)31-27(14-8-9-15-27)25(35)28-17-20-13-7-6-12-19(20)16-21(32)30-26/h6-7,12-13,18,22H,3-5,8-11,14-17H2,1-2H3,(H,28,35)(H,29,34)(H,30,32)(H,31,33)/t22-/m1/s1. The number of carbonyl (C=O) groups is 4. The number of benzene rings is 1. The highest BCUT2D eigenvalue weighted by molar-refractivity contribution is 5.97. The molecule has 2 aliphatic carbocycles. The fourth-order valence-electron chi connectivity index (χ4n) is 5.76.